The number of para-hydroxylation sites is 1. The first-order valence-electron chi connectivity index (χ1n) is 14.2. The van der Waals surface area contributed by atoms with Gasteiger partial charge in [-0.05, 0) is 55.0 Å². The van der Waals surface area contributed by atoms with Crippen molar-refractivity contribution in [2.75, 3.05) is 6.61 Å². The molecule has 0 N–H and O–H groups in total. The van der Waals surface area contributed by atoms with Crippen molar-refractivity contribution in [2.45, 2.75) is 19.9 Å². The van der Waals surface area contributed by atoms with Gasteiger partial charge in [0.05, 0.1) is 33.2 Å². The third-order valence-electron chi connectivity index (χ3n) is 7.20. The SMILES string of the molecule is C=CCOC(=O)C1=C(C)N=c2s/c(=C\c3cn(-c4ccccc4)nc3-c3ccc(Br)cc3)c(=O)n2[C@H]1c1ccc(OC(C)=O)cc1. The maximum Gasteiger partial charge on any atom is 0.338 e. The number of benzene rings is 3. The molecule has 3 heterocycles. The average Bonchev–Trinajstić information content (AvgIpc) is 3.60. The Morgan fingerprint density at radius 2 is 1.76 bits per heavy atom. The molecule has 46 heavy (non-hydrogen) atoms. The number of nitrogens with zero attached hydrogens (tertiary/aromatic N) is 4. The lowest BCUT2D eigenvalue weighted by atomic mass is 9.96. The van der Waals surface area contributed by atoms with Gasteiger partial charge in [0.25, 0.3) is 5.56 Å². The van der Waals surface area contributed by atoms with Crippen LogP contribution in [0.5, 0.6) is 5.75 Å². The molecule has 0 saturated heterocycles. The molecule has 1 atom stereocenters. The van der Waals surface area contributed by atoms with Crippen molar-refractivity contribution in [1.29, 1.82) is 0 Å². The highest BCUT2D eigenvalue weighted by Crippen LogP contribution is 2.32. The summed E-state index contributed by atoms with van der Waals surface area (Å²) in [5.41, 5.74) is 4.15. The van der Waals surface area contributed by atoms with Gasteiger partial charge >= 0.3 is 11.9 Å². The zero-order chi connectivity index (χ0) is 32.4. The number of thiazole rings is 1. The predicted octanol–water partition coefficient (Wildman–Crippen LogP) is 5.50. The molecule has 2 aromatic heterocycles. The van der Waals surface area contributed by atoms with Crippen LogP contribution in [-0.2, 0) is 14.3 Å². The molecule has 230 valence electrons. The minimum absolute atomic E-state index is 0.00236. The van der Waals surface area contributed by atoms with Crippen LogP contribution < -0.4 is 19.6 Å². The van der Waals surface area contributed by atoms with Gasteiger partial charge in [0.1, 0.15) is 12.4 Å². The Bertz CT molecular complexity index is 2180. The average molecular weight is 696 g/mol. The van der Waals surface area contributed by atoms with E-state index in [2.05, 4.69) is 27.5 Å². The van der Waals surface area contributed by atoms with Crippen molar-refractivity contribution >= 4 is 45.3 Å². The Kier molecular flexibility index (Phi) is 8.78. The van der Waals surface area contributed by atoms with Crippen LogP contribution >= 0.6 is 27.3 Å². The number of carbonyl (C=O) groups excluding carboxylic acids is 2. The molecule has 0 bridgehead atoms. The van der Waals surface area contributed by atoms with Crippen molar-refractivity contribution in [2.24, 2.45) is 4.99 Å². The fraction of sp³-hybridized carbons (Fsp3) is 0.114. The summed E-state index contributed by atoms with van der Waals surface area (Å²) in [6, 6.07) is 23.4. The van der Waals surface area contributed by atoms with Gasteiger partial charge < -0.3 is 9.47 Å². The van der Waals surface area contributed by atoms with E-state index in [1.54, 1.807) is 35.9 Å². The van der Waals surface area contributed by atoms with Gasteiger partial charge in [0.2, 0.25) is 0 Å². The molecule has 0 spiro atoms. The Balaban J connectivity index is 1.53. The van der Waals surface area contributed by atoms with Crippen molar-refractivity contribution in [1.82, 2.24) is 14.3 Å². The fourth-order valence-electron chi connectivity index (χ4n) is 5.17. The lowest BCUT2D eigenvalue weighted by Gasteiger charge is -2.24. The molecule has 3 aromatic carbocycles. The van der Waals surface area contributed by atoms with E-state index in [9.17, 15) is 14.4 Å². The summed E-state index contributed by atoms with van der Waals surface area (Å²) in [7, 11) is 0. The van der Waals surface area contributed by atoms with Crippen LogP contribution in [0.25, 0.3) is 23.0 Å². The van der Waals surface area contributed by atoms with Crippen molar-refractivity contribution < 1.29 is 19.1 Å². The number of aromatic nitrogens is 3. The molecule has 0 saturated carbocycles. The Morgan fingerprint density at radius 3 is 2.43 bits per heavy atom. The summed E-state index contributed by atoms with van der Waals surface area (Å²) in [5, 5.41) is 4.88. The second kappa shape index (κ2) is 13.1. The molecular formula is C35H27BrN4O5S. The normalized spacial score (nSPS) is 14.4. The monoisotopic (exact) mass is 694 g/mol. The van der Waals surface area contributed by atoms with E-state index in [0.29, 0.717) is 32.0 Å². The first kappa shape index (κ1) is 30.9. The lowest BCUT2D eigenvalue weighted by Crippen LogP contribution is -2.39. The number of carbonyl (C=O) groups is 2. The van der Waals surface area contributed by atoms with E-state index in [-0.39, 0.29) is 17.7 Å². The highest BCUT2D eigenvalue weighted by atomic mass is 79.9. The van der Waals surface area contributed by atoms with Crippen LogP contribution in [0, 0.1) is 0 Å². The first-order chi connectivity index (χ1) is 22.2. The summed E-state index contributed by atoms with van der Waals surface area (Å²) in [4.78, 5) is 44.2. The highest BCUT2D eigenvalue weighted by Gasteiger charge is 2.33. The van der Waals surface area contributed by atoms with Crippen molar-refractivity contribution in [3.63, 3.8) is 0 Å². The second-order valence-corrected chi connectivity index (χ2v) is 12.3. The number of ether oxygens (including phenoxy) is 2. The Morgan fingerprint density at radius 1 is 1.04 bits per heavy atom. The third kappa shape index (κ3) is 6.19. The van der Waals surface area contributed by atoms with Gasteiger partial charge in [0.15, 0.2) is 4.80 Å². The summed E-state index contributed by atoms with van der Waals surface area (Å²) in [6.45, 7) is 6.67. The summed E-state index contributed by atoms with van der Waals surface area (Å²) < 4.78 is 15.3. The van der Waals surface area contributed by atoms with Crippen LogP contribution in [0.1, 0.15) is 31.0 Å². The van der Waals surface area contributed by atoms with Crippen LogP contribution in [0.3, 0.4) is 0 Å². The zero-order valence-electron chi connectivity index (χ0n) is 24.8. The first-order valence-corrected chi connectivity index (χ1v) is 15.8. The smallest absolute Gasteiger partial charge is 0.338 e. The molecule has 5 aromatic rings. The van der Waals surface area contributed by atoms with Gasteiger partial charge in [0, 0.05) is 28.7 Å². The topological polar surface area (TPSA) is 105 Å². The zero-order valence-corrected chi connectivity index (χ0v) is 27.2. The molecule has 0 unspecified atom stereocenters. The minimum Gasteiger partial charge on any atom is -0.458 e. The van der Waals surface area contributed by atoms with E-state index < -0.39 is 18.0 Å². The number of hydrogen-bond acceptors (Lipinski definition) is 8. The van der Waals surface area contributed by atoms with Gasteiger partial charge in [-0.2, -0.15) is 5.10 Å². The van der Waals surface area contributed by atoms with E-state index >= 15 is 0 Å². The molecule has 0 fully saturated rings. The van der Waals surface area contributed by atoms with E-state index in [1.165, 1.54) is 28.9 Å². The Hall–Kier alpha value is -5.13. The molecule has 0 aliphatic carbocycles. The number of esters is 2. The van der Waals surface area contributed by atoms with Gasteiger partial charge in [-0.15, -0.1) is 0 Å². The second-order valence-electron chi connectivity index (χ2n) is 10.4. The summed E-state index contributed by atoms with van der Waals surface area (Å²) in [6.07, 6.45) is 5.17. The Labute approximate surface area is 276 Å². The van der Waals surface area contributed by atoms with Gasteiger partial charge in [-0.3, -0.25) is 14.2 Å². The van der Waals surface area contributed by atoms with Crippen LogP contribution in [0.15, 0.2) is 123 Å². The molecule has 1 aliphatic heterocycles. The van der Waals surface area contributed by atoms with Crippen molar-refractivity contribution in [3.05, 3.63) is 144 Å². The number of allylic oxidation sites excluding steroid dienone is 1. The maximum absolute atomic E-state index is 14.3. The molecule has 1 aliphatic rings. The standard InChI is InChI=1S/C35H27BrN4O5S/c1-4-18-44-34(43)30-21(2)37-35-40(32(30)24-12-16-28(17-13-24)45-22(3)41)33(42)29(46-35)19-25-20-39(27-8-6-5-7-9-27)38-31(25)23-10-14-26(36)15-11-23/h4-17,19-20,32H,1,18H2,2-3H3/b29-19-/t32-/m0/s1. The fourth-order valence-corrected chi connectivity index (χ4v) is 6.48. The quantitative estimate of drug-likeness (QED) is 0.121. The predicted molar refractivity (Wildman–Crippen MR) is 179 cm³/mol. The van der Waals surface area contributed by atoms with E-state index in [0.717, 1.165) is 21.3 Å². The highest BCUT2D eigenvalue weighted by molar-refractivity contribution is 9.10. The van der Waals surface area contributed by atoms with Crippen LogP contribution in [0.2, 0.25) is 0 Å². The summed E-state index contributed by atoms with van der Waals surface area (Å²) >= 11 is 4.72. The molecule has 0 amide bonds. The van der Waals surface area contributed by atoms with E-state index in [1.807, 2.05) is 66.9 Å². The number of fused-ring (bicyclic) bond motifs is 1. The molecule has 9 nitrogen and oxygen atoms in total. The molecule has 0 radical (unpaired) electrons. The molecule has 6 rings (SSSR count). The summed E-state index contributed by atoms with van der Waals surface area (Å²) in [5.74, 6) is -0.717. The van der Waals surface area contributed by atoms with Gasteiger partial charge in [-0.1, -0.05) is 82.4 Å². The molecular weight excluding hydrogens is 668 g/mol. The lowest BCUT2D eigenvalue weighted by molar-refractivity contribution is -0.138. The van der Waals surface area contributed by atoms with Crippen LogP contribution in [0.4, 0.5) is 0 Å². The number of halogens is 1. The minimum atomic E-state index is -0.833. The number of hydrogen-bond donors (Lipinski definition) is 0. The van der Waals surface area contributed by atoms with E-state index in [4.69, 9.17) is 14.6 Å². The van der Waals surface area contributed by atoms with Crippen molar-refractivity contribution in [3.8, 4) is 22.7 Å². The molecule has 11 heteroatoms. The third-order valence-corrected chi connectivity index (χ3v) is 8.71. The number of rotatable bonds is 8. The van der Waals surface area contributed by atoms with Gasteiger partial charge in [-0.25, -0.2) is 14.5 Å². The largest absolute Gasteiger partial charge is 0.458 e. The van der Waals surface area contributed by atoms with Crippen LogP contribution in [-0.4, -0.2) is 32.9 Å². The maximum atomic E-state index is 14.3.